The first-order valence-electron chi connectivity index (χ1n) is 12.3. The van der Waals surface area contributed by atoms with Crippen LogP contribution in [0.5, 0.6) is 0 Å². The number of benzene rings is 1. The lowest BCUT2D eigenvalue weighted by molar-refractivity contribution is 0.0889. The minimum atomic E-state index is -0.0486. The summed E-state index contributed by atoms with van der Waals surface area (Å²) in [4.78, 5) is 19.8. The van der Waals surface area contributed by atoms with Crippen molar-refractivity contribution in [2.75, 3.05) is 6.61 Å². The number of tetrazole rings is 1. The Morgan fingerprint density at radius 3 is 2.91 bits per heavy atom. The van der Waals surface area contributed by atoms with E-state index in [1.807, 2.05) is 23.7 Å². The molecular formula is C26H32N6O2S. The Labute approximate surface area is 208 Å². The Balaban J connectivity index is 1.50. The Kier molecular flexibility index (Phi) is 7.08. The van der Waals surface area contributed by atoms with Gasteiger partial charge in [-0.2, -0.15) is 0 Å². The molecule has 2 atom stereocenters. The number of H-pyrrole nitrogens is 1. The summed E-state index contributed by atoms with van der Waals surface area (Å²) in [5.41, 5.74) is 3.88. The molecule has 5 rings (SSSR count). The van der Waals surface area contributed by atoms with E-state index in [0.717, 1.165) is 59.3 Å². The third kappa shape index (κ3) is 5.22. The maximum absolute atomic E-state index is 13.1. The molecule has 1 aromatic carbocycles. The van der Waals surface area contributed by atoms with Crippen LogP contribution in [-0.4, -0.2) is 42.8 Å². The minimum Gasteiger partial charge on any atom is -0.376 e. The van der Waals surface area contributed by atoms with Crippen molar-refractivity contribution in [3.05, 3.63) is 73.5 Å². The predicted octanol–water partition coefficient (Wildman–Crippen LogP) is 4.53. The van der Waals surface area contributed by atoms with E-state index in [1.54, 1.807) is 11.3 Å². The SMILES string of the molecule is CC[C@@H](c1nnnn1C[C@H]1CCCO1)N(Cc1cccs1)Cc1cc2c(C)cc(C)cc2[nH]c1=O. The predicted molar refractivity (Wildman–Crippen MR) is 137 cm³/mol. The van der Waals surface area contributed by atoms with Crippen molar-refractivity contribution in [3.8, 4) is 0 Å². The fourth-order valence-corrected chi connectivity index (χ4v) is 5.83. The number of rotatable bonds is 9. The van der Waals surface area contributed by atoms with Gasteiger partial charge in [-0.05, 0) is 78.2 Å². The fourth-order valence-electron chi connectivity index (χ4n) is 5.10. The molecule has 4 heterocycles. The van der Waals surface area contributed by atoms with Crippen molar-refractivity contribution >= 4 is 22.2 Å². The Morgan fingerprint density at radius 1 is 1.29 bits per heavy atom. The number of fused-ring (bicyclic) bond motifs is 1. The molecule has 0 aliphatic carbocycles. The van der Waals surface area contributed by atoms with Crippen LogP contribution in [0.25, 0.3) is 10.9 Å². The molecule has 0 radical (unpaired) electrons. The zero-order valence-electron chi connectivity index (χ0n) is 20.5. The van der Waals surface area contributed by atoms with E-state index in [1.165, 1.54) is 4.88 Å². The van der Waals surface area contributed by atoms with Crippen LogP contribution in [0.4, 0.5) is 0 Å². The van der Waals surface area contributed by atoms with Crippen molar-refractivity contribution in [2.24, 2.45) is 0 Å². The summed E-state index contributed by atoms with van der Waals surface area (Å²) in [6, 6.07) is 10.4. The summed E-state index contributed by atoms with van der Waals surface area (Å²) < 4.78 is 7.73. The highest BCUT2D eigenvalue weighted by Gasteiger charge is 2.28. The lowest BCUT2D eigenvalue weighted by Gasteiger charge is -2.30. The highest BCUT2D eigenvalue weighted by Crippen LogP contribution is 2.28. The van der Waals surface area contributed by atoms with Crippen molar-refractivity contribution in [1.82, 2.24) is 30.1 Å². The molecule has 1 fully saturated rings. The van der Waals surface area contributed by atoms with Crippen LogP contribution in [0.2, 0.25) is 0 Å². The minimum absolute atomic E-state index is 0.0392. The standard InChI is InChI=1S/C26H32N6O2S/c1-4-24(25-28-29-30-32(25)15-20-7-5-9-34-20)31(16-21-8-6-10-35-21)14-19-13-22-18(3)11-17(2)12-23(22)27-26(19)33/h6,8,10-13,20,24H,4-5,7,9,14-16H2,1-3H3,(H,27,33)/t20-,24+/m1/s1. The number of aromatic amines is 1. The molecule has 0 spiro atoms. The fraction of sp³-hybridized carbons (Fsp3) is 0.462. The normalized spacial score (nSPS) is 17.0. The third-order valence-electron chi connectivity index (χ3n) is 6.79. The average molecular weight is 493 g/mol. The number of nitrogens with one attached hydrogen (secondary N) is 1. The zero-order chi connectivity index (χ0) is 24.4. The van der Waals surface area contributed by atoms with Gasteiger partial charge in [-0.25, -0.2) is 4.68 Å². The van der Waals surface area contributed by atoms with Crippen LogP contribution in [0, 0.1) is 13.8 Å². The maximum atomic E-state index is 13.1. The van der Waals surface area contributed by atoms with E-state index in [-0.39, 0.29) is 17.7 Å². The lowest BCUT2D eigenvalue weighted by atomic mass is 10.0. The first kappa shape index (κ1) is 23.8. The van der Waals surface area contributed by atoms with Crippen LogP contribution < -0.4 is 5.56 Å². The summed E-state index contributed by atoms with van der Waals surface area (Å²) >= 11 is 1.72. The van der Waals surface area contributed by atoms with Gasteiger partial charge in [0.25, 0.3) is 5.56 Å². The van der Waals surface area contributed by atoms with Crippen LogP contribution in [0.3, 0.4) is 0 Å². The Hall–Kier alpha value is -2.88. The molecule has 1 aliphatic heterocycles. The van der Waals surface area contributed by atoms with E-state index < -0.39 is 0 Å². The van der Waals surface area contributed by atoms with Crippen LogP contribution in [0.15, 0.2) is 40.5 Å². The van der Waals surface area contributed by atoms with Gasteiger partial charge >= 0.3 is 0 Å². The second-order valence-electron chi connectivity index (χ2n) is 9.43. The molecule has 1 aliphatic rings. The first-order chi connectivity index (χ1) is 17.0. The third-order valence-corrected chi connectivity index (χ3v) is 7.65. The van der Waals surface area contributed by atoms with Crippen molar-refractivity contribution in [1.29, 1.82) is 0 Å². The molecule has 0 bridgehead atoms. The van der Waals surface area contributed by atoms with Crippen molar-refractivity contribution < 1.29 is 4.74 Å². The molecule has 3 aromatic heterocycles. The van der Waals surface area contributed by atoms with Gasteiger partial charge in [0.2, 0.25) is 0 Å². The van der Waals surface area contributed by atoms with E-state index in [0.29, 0.717) is 19.6 Å². The van der Waals surface area contributed by atoms with Crippen molar-refractivity contribution in [3.63, 3.8) is 0 Å². The summed E-state index contributed by atoms with van der Waals surface area (Å²) in [5, 5.41) is 15.9. The number of aryl methyl sites for hydroxylation is 2. The number of pyridine rings is 1. The molecule has 1 saturated heterocycles. The van der Waals surface area contributed by atoms with Gasteiger partial charge in [0.1, 0.15) is 0 Å². The second kappa shape index (κ2) is 10.4. The number of thiophene rings is 1. The second-order valence-corrected chi connectivity index (χ2v) is 10.5. The van der Waals surface area contributed by atoms with Crippen LogP contribution >= 0.6 is 11.3 Å². The van der Waals surface area contributed by atoms with Gasteiger partial charge in [-0.3, -0.25) is 9.69 Å². The molecule has 0 saturated carbocycles. The monoisotopic (exact) mass is 492 g/mol. The van der Waals surface area contributed by atoms with Gasteiger partial charge < -0.3 is 9.72 Å². The summed E-state index contributed by atoms with van der Waals surface area (Å²) in [6.07, 6.45) is 3.07. The number of aromatic nitrogens is 5. The van der Waals surface area contributed by atoms with E-state index in [4.69, 9.17) is 4.74 Å². The average Bonchev–Trinajstić information content (AvgIpc) is 3.60. The topological polar surface area (TPSA) is 88.9 Å². The smallest absolute Gasteiger partial charge is 0.252 e. The highest BCUT2D eigenvalue weighted by molar-refractivity contribution is 7.09. The molecule has 4 aromatic rings. The van der Waals surface area contributed by atoms with Crippen molar-refractivity contribution in [2.45, 2.75) is 71.8 Å². The van der Waals surface area contributed by atoms with Gasteiger partial charge in [-0.1, -0.05) is 19.1 Å². The summed E-state index contributed by atoms with van der Waals surface area (Å²) in [7, 11) is 0. The molecule has 0 unspecified atom stereocenters. The highest BCUT2D eigenvalue weighted by atomic mass is 32.1. The largest absolute Gasteiger partial charge is 0.376 e. The number of ether oxygens (including phenoxy) is 1. The molecule has 35 heavy (non-hydrogen) atoms. The van der Waals surface area contributed by atoms with Gasteiger partial charge in [-0.15, -0.1) is 16.4 Å². The Morgan fingerprint density at radius 2 is 2.17 bits per heavy atom. The maximum Gasteiger partial charge on any atom is 0.252 e. The molecule has 0 amide bonds. The van der Waals surface area contributed by atoms with E-state index >= 15 is 0 Å². The van der Waals surface area contributed by atoms with Crippen LogP contribution in [0.1, 0.15) is 59.6 Å². The Bertz CT molecular complexity index is 1340. The van der Waals surface area contributed by atoms with E-state index in [9.17, 15) is 4.79 Å². The number of hydrogen-bond acceptors (Lipinski definition) is 7. The summed E-state index contributed by atoms with van der Waals surface area (Å²) in [6.45, 7) is 8.96. The molecule has 184 valence electrons. The molecule has 1 N–H and O–H groups in total. The lowest BCUT2D eigenvalue weighted by Crippen LogP contribution is -2.33. The van der Waals surface area contributed by atoms with Crippen LogP contribution in [-0.2, 0) is 24.4 Å². The summed E-state index contributed by atoms with van der Waals surface area (Å²) in [5.74, 6) is 0.823. The van der Waals surface area contributed by atoms with Gasteiger partial charge in [0, 0.05) is 41.0 Å². The molecule has 9 heteroatoms. The molecular weight excluding hydrogens is 460 g/mol. The number of nitrogens with zero attached hydrogens (tertiary/aromatic N) is 5. The molecule has 8 nitrogen and oxygen atoms in total. The quantitative estimate of drug-likeness (QED) is 0.369. The zero-order valence-corrected chi connectivity index (χ0v) is 21.3. The van der Waals surface area contributed by atoms with Gasteiger partial charge in [0.15, 0.2) is 5.82 Å². The van der Waals surface area contributed by atoms with E-state index in [2.05, 4.69) is 62.8 Å². The van der Waals surface area contributed by atoms with Gasteiger partial charge in [0.05, 0.1) is 18.7 Å². The number of hydrogen-bond donors (Lipinski definition) is 1. The first-order valence-corrected chi connectivity index (χ1v) is 13.2.